The number of aliphatic hydroxyl groups excluding tert-OH is 1. The molecule has 2 aliphatic heterocycles. The highest BCUT2D eigenvalue weighted by Crippen LogP contribution is 2.36. The van der Waals surface area contributed by atoms with Gasteiger partial charge >= 0.3 is 0 Å². The summed E-state index contributed by atoms with van der Waals surface area (Å²) in [5, 5.41) is 12.7. The number of hydrogen-bond donors (Lipinski definition) is 2. The lowest BCUT2D eigenvalue weighted by atomic mass is 10.0. The molecule has 1 aromatic carbocycles. The summed E-state index contributed by atoms with van der Waals surface area (Å²) < 4.78 is 13.5. The second-order valence-corrected chi connectivity index (χ2v) is 7.09. The van der Waals surface area contributed by atoms with Gasteiger partial charge in [0.15, 0.2) is 0 Å². The standard InChI is InChI=1S/C16H19FN2O3S/c1-9(20)19-8-11(21)7-14(19)16(22)18-13-4-5-23-15-3-2-10(17)6-12(13)15/h2-3,6,11,13-14,21H,4-5,7-8H2,1H3,(H,18,22)/t11-,13+,14+/m0/s1. The van der Waals surface area contributed by atoms with Gasteiger partial charge in [0.1, 0.15) is 11.9 Å². The average Bonchev–Trinajstić information content (AvgIpc) is 2.90. The van der Waals surface area contributed by atoms with Crippen molar-refractivity contribution >= 4 is 23.6 Å². The minimum atomic E-state index is -0.679. The van der Waals surface area contributed by atoms with E-state index in [4.69, 9.17) is 0 Å². The van der Waals surface area contributed by atoms with Gasteiger partial charge < -0.3 is 15.3 Å². The molecule has 2 heterocycles. The Kier molecular flexibility index (Phi) is 4.59. The highest BCUT2D eigenvalue weighted by molar-refractivity contribution is 7.99. The van der Waals surface area contributed by atoms with Gasteiger partial charge in [0, 0.05) is 30.5 Å². The van der Waals surface area contributed by atoms with Crippen LogP contribution in [0.4, 0.5) is 4.39 Å². The number of amides is 2. The summed E-state index contributed by atoms with van der Waals surface area (Å²) in [5.74, 6) is -0.00355. The van der Waals surface area contributed by atoms with Crippen LogP contribution in [-0.2, 0) is 9.59 Å². The number of halogens is 1. The molecule has 0 radical (unpaired) electrons. The SMILES string of the molecule is CC(=O)N1C[C@@H](O)C[C@@H]1C(=O)N[C@@H]1CCSc2ccc(F)cc21. The topological polar surface area (TPSA) is 69.6 Å². The molecular weight excluding hydrogens is 319 g/mol. The zero-order valence-electron chi connectivity index (χ0n) is 12.8. The van der Waals surface area contributed by atoms with E-state index in [1.165, 1.54) is 24.0 Å². The fourth-order valence-corrected chi connectivity index (χ4v) is 4.30. The Morgan fingerprint density at radius 2 is 2.22 bits per heavy atom. The smallest absolute Gasteiger partial charge is 0.243 e. The lowest BCUT2D eigenvalue weighted by molar-refractivity contribution is -0.137. The molecule has 0 aromatic heterocycles. The second-order valence-electron chi connectivity index (χ2n) is 5.96. The molecule has 7 heteroatoms. The molecule has 0 bridgehead atoms. The lowest BCUT2D eigenvalue weighted by Gasteiger charge is -2.29. The highest BCUT2D eigenvalue weighted by atomic mass is 32.2. The first-order valence-electron chi connectivity index (χ1n) is 7.63. The van der Waals surface area contributed by atoms with E-state index in [-0.39, 0.29) is 36.6 Å². The molecule has 5 nitrogen and oxygen atoms in total. The van der Waals surface area contributed by atoms with Gasteiger partial charge in [-0.25, -0.2) is 4.39 Å². The van der Waals surface area contributed by atoms with Gasteiger partial charge in [0.05, 0.1) is 12.1 Å². The Bertz CT molecular complexity index is 640. The third kappa shape index (κ3) is 3.35. The van der Waals surface area contributed by atoms with Crippen molar-refractivity contribution in [3.63, 3.8) is 0 Å². The molecule has 0 spiro atoms. The Morgan fingerprint density at radius 1 is 1.43 bits per heavy atom. The zero-order valence-corrected chi connectivity index (χ0v) is 13.6. The summed E-state index contributed by atoms with van der Waals surface area (Å²) in [6.07, 6.45) is 0.270. The Labute approximate surface area is 138 Å². The zero-order chi connectivity index (χ0) is 16.6. The number of benzene rings is 1. The van der Waals surface area contributed by atoms with Crippen molar-refractivity contribution < 1.29 is 19.1 Å². The van der Waals surface area contributed by atoms with Crippen molar-refractivity contribution in [2.45, 2.75) is 42.8 Å². The number of carbonyl (C=O) groups excluding carboxylic acids is 2. The van der Waals surface area contributed by atoms with Crippen molar-refractivity contribution in [2.24, 2.45) is 0 Å². The van der Waals surface area contributed by atoms with Gasteiger partial charge in [-0.2, -0.15) is 0 Å². The summed E-state index contributed by atoms with van der Waals surface area (Å²) >= 11 is 1.64. The first-order chi connectivity index (χ1) is 11.0. The molecule has 2 N–H and O–H groups in total. The Morgan fingerprint density at radius 3 is 2.96 bits per heavy atom. The van der Waals surface area contributed by atoms with E-state index in [1.807, 2.05) is 0 Å². The maximum absolute atomic E-state index is 13.5. The molecule has 23 heavy (non-hydrogen) atoms. The van der Waals surface area contributed by atoms with E-state index < -0.39 is 12.1 Å². The largest absolute Gasteiger partial charge is 0.391 e. The minimum Gasteiger partial charge on any atom is -0.391 e. The summed E-state index contributed by atoms with van der Waals surface area (Å²) in [5.41, 5.74) is 0.780. The molecule has 1 saturated heterocycles. The second kappa shape index (κ2) is 6.49. The van der Waals surface area contributed by atoms with Crippen molar-refractivity contribution in [1.82, 2.24) is 10.2 Å². The number of likely N-dealkylation sites (tertiary alicyclic amines) is 1. The molecule has 0 saturated carbocycles. The van der Waals surface area contributed by atoms with Gasteiger partial charge in [0.2, 0.25) is 11.8 Å². The predicted octanol–water partition coefficient (Wildman–Crippen LogP) is 1.46. The summed E-state index contributed by atoms with van der Waals surface area (Å²) in [7, 11) is 0. The van der Waals surface area contributed by atoms with Gasteiger partial charge in [-0.05, 0) is 30.2 Å². The molecule has 2 amide bonds. The Hall–Kier alpha value is -1.60. The van der Waals surface area contributed by atoms with Crippen molar-refractivity contribution in [3.8, 4) is 0 Å². The number of fused-ring (bicyclic) bond motifs is 1. The highest BCUT2D eigenvalue weighted by Gasteiger charge is 2.38. The first-order valence-corrected chi connectivity index (χ1v) is 8.62. The first kappa shape index (κ1) is 16.3. The van der Waals surface area contributed by atoms with Crippen LogP contribution in [0.2, 0.25) is 0 Å². The van der Waals surface area contributed by atoms with Crippen LogP contribution in [0.15, 0.2) is 23.1 Å². The summed E-state index contributed by atoms with van der Waals surface area (Å²) in [6.45, 7) is 1.57. The van der Waals surface area contributed by atoms with Crippen LogP contribution in [-0.4, -0.2) is 46.3 Å². The predicted molar refractivity (Wildman–Crippen MR) is 84.4 cm³/mol. The number of aliphatic hydroxyl groups is 1. The normalized spacial score (nSPS) is 26.7. The van der Waals surface area contributed by atoms with Gasteiger partial charge in [-0.1, -0.05) is 0 Å². The minimum absolute atomic E-state index is 0.180. The van der Waals surface area contributed by atoms with Crippen LogP contribution < -0.4 is 5.32 Å². The van der Waals surface area contributed by atoms with Gasteiger partial charge in [-0.15, -0.1) is 11.8 Å². The van der Waals surface area contributed by atoms with Gasteiger partial charge in [0.25, 0.3) is 0 Å². The molecule has 1 fully saturated rings. The van der Waals surface area contributed by atoms with Crippen molar-refractivity contribution in [3.05, 3.63) is 29.6 Å². The van der Waals surface area contributed by atoms with Crippen LogP contribution in [0.3, 0.4) is 0 Å². The maximum atomic E-state index is 13.5. The average molecular weight is 338 g/mol. The number of thioether (sulfide) groups is 1. The molecule has 3 atom stereocenters. The van der Waals surface area contributed by atoms with E-state index in [0.717, 1.165) is 16.2 Å². The van der Waals surface area contributed by atoms with E-state index in [1.54, 1.807) is 17.8 Å². The quantitative estimate of drug-likeness (QED) is 0.857. The molecule has 3 rings (SSSR count). The van der Waals surface area contributed by atoms with E-state index in [0.29, 0.717) is 6.42 Å². The third-order valence-corrected chi connectivity index (χ3v) is 5.44. The molecule has 2 aliphatic rings. The monoisotopic (exact) mass is 338 g/mol. The molecular formula is C16H19FN2O3S. The fourth-order valence-electron chi connectivity index (χ4n) is 3.19. The van der Waals surface area contributed by atoms with E-state index in [2.05, 4.69) is 5.32 Å². The number of nitrogens with one attached hydrogen (secondary N) is 1. The van der Waals surface area contributed by atoms with Crippen LogP contribution in [0.5, 0.6) is 0 Å². The number of rotatable bonds is 2. The fraction of sp³-hybridized carbons (Fsp3) is 0.500. The molecule has 0 unspecified atom stereocenters. The van der Waals surface area contributed by atoms with Crippen LogP contribution in [0.25, 0.3) is 0 Å². The van der Waals surface area contributed by atoms with Gasteiger partial charge in [-0.3, -0.25) is 9.59 Å². The third-order valence-electron chi connectivity index (χ3n) is 4.31. The lowest BCUT2D eigenvalue weighted by Crippen LogP contribution is -2.46. The van der Waals surface area contributed by atoms with Crippen LogP contribution >= 0.6 is 11.8 Å². The number of hydrogen-bond acceptors (Lipinski definition) is 4. The number of nitrogens with zero attached hydrogens (tertiary/aromatic N) is 1. The maximum Gasteiger partial charge on any atom is 0.243 e. The Balaban J connectivity index is 1.76. The van der Waals surface area contributed by atoms with Crippen LogP contribution in [0.1, 0.15) is 31.4 Å². The molecule has 124 valence electrons. The summed E-state index contributed by atoms with van der Waals surface area (Å²) in [4.78, 5) is 26.5. The number of carbonyl (C=O) groups is 2. The van der Waals surface area contributed by atoms with Crippen molar-refractivity contribution in [1.29, 1.82) is 0 Å². The molecule has 1 aromatic rings. The summed E-state index contributed by atoms with van der Waals surface area (Å²) in [6, 6.07) is 3.68. The van der Waals surface area contributed by atoms with Crippen molar-refractivity contribution in [2.75, 3.05) is 12.3 Å². The van der Waals surface area contributed by atoms with E-state index in [9.17, 15) is 19.1 Å². The molecule has 0 aliphatic carbocycles. The number of β-amino-alcohol motifs (C(OH)–C–C–N with tert-alkyl or cyclic N) is 1. The van der Waals surface area contributed by atoms with Crippen LogP contribution in [0, 0.1) is 5.82 Å². The van der Waals surface area contributed by atoms with E-state index >= 15 is 0 Å².